The van der Waals surface area contributed by atoms with E-state index in [-0.39, 0.29) is 22.3 Å². The van der Waals surface area contributed by atoms with Crippen LogP contribution >= 0.6 is 23.4 Å². The molecule has 0 aliphatic heterocycles. The third kappa shape index (κ3) is 4.04. The maximum Gasteiger partial charge on any atom is 0.339 e. The van der Waals surface area contributed by atoms with Crippen molar-refractivity contribution in [2.75, 3.05) is 11.6 Å². The van der Waals surface area contributed by atoms with Gasteiger partial charge in [-0.05, 0) is 37.7 Å². The second-order valence-corrected chi connectivity index (χ2v) is 6.48. The number of amides is 2. The number of hydrogen-bond acceptors (Lipinski definition) is 3. The number of benzene rings is 1. The maximum absolute atomic E-state index is 12.0. The third-order valence-electron chi connectivity index (χ3n) is 3.53. The van der Waals surface area contributed by atoms with Gasteiger partial charge in [0.15, 0.2) is 0 Å². The van der Waals surface area contributed by atoms with Gasteiger partial charge in [-0.25, -0.2) is 9.59 Å². The lowest BCUT2D eigenvalue weighted by Crippen LogP contribution is -2.36. The van der Waals surface area contributed by atoms with Crippen LogP contribution < -0.4 is 10.6 Å². The fraction of sp³-hybridized carbons (Fsp3) is 0.429. The number of carbonyl (C=O) groups is 2. The highest BCUT2D eigenvalue weighted by Gasteiger charge is 2.25. The number of halogens is 1. The molecule has 1 fully saturated rings. The fourth-order valence-electron chi connectivity index (χ4n) is 2.47. The van der Waals surface area contributed by atoms with Gasteiger partial charge in [-0.15, -0.1) is 0 Å². The van der Waals surface area contributed by atoms with Gasteiger partial charge in [0.1, 0.15) is 5.56 Å². The van der Waals surface area contributed by atoms with Crippen molar-refractivity contribution in [3.05, 3.63) is 28.8 Å². The first-order chi connectivity index (χ1) is 10.0. The first-order valence-corrected chi connectivity index (χ1v) is 8.30. The van der Waals surface area contributed by atoms with Crippen molar-refractivity contribution < 1.29 is 14.7 Å². The Morgan fingerprint density at radius 1 is 1.38 bits per heavy atom. The molecule has 0 aromatic heterocycles. The zero-order chi connectivity index (χ0) is 15.4. The second-order valence-electron chi connectivity index (χ2n) is 4.93. The van der Waals surface area contributed by atoms with Crippen molar-refractivity contribution >= 4 is 41.1 Å². The molecule has 114 valence electrons. The molecule has 1 saturated carbocycles. The van der Waals surface area contributed by atoms with E-state index in [0.29, 0.717) is 5.25 Å². The van der Waals surface area contributed by atoms with E-state index in [1.165, 1.54) is 12.1 Å². The molecule has 0 saturated heterocycles. The van der Waals surface area contributed by atoms with Crippen LogP contribution in [-0.2, 0) is 0 Å². The highest BCUT2D eigenvalue weighted by molar-refractivity contribution is 7.99. The van der Waals surface area contributed by atoms with Gasteiger partial charge in [0.25, 0.3) is 0 Å². The van der Waals surface area contributed by atoms with E-state index in [4.69, 9.17) is 16.7 Å². The monoisotopic (exact) mass is 328 g/mol. The quantitative estimate of drug-likeness (QED) is 0.791. The Morgan fingerprint density at radius 2 is 2.14 bits per heavy atom. The summed E-state index contributed by atoms with van der Waals surface area (Å²) < 4.78 is 0. The smallest absolute Gasteiger partial charge is 0.339 e. The predicted molar refractivity (Wildman–Crippen MR) is 85.5 cm³/mol. The molecule has 0 bridgehead atoms. The summed E-state index contributed by atoms with van der Waals surface area (Å²) in [4.78, 5) is 23.2. The standard InChI is InChI=1S/C14H17ClN2O3S/c1-21-9-6-5-8(7-9)16-14(20)17-11-4-2-3-10(15)12(11)13(18)19/h2-4,8-9H,5-7H2,1H3,(H,18,19)(H2,16,17,20). The van der Waals surface area contributed by atoms with E-state index in [2.05, 4.69) is 16.9 Å². The fourth-order valence-corrected chi connectivity index (χ4v) is 3.53. The molecule has 0 heterocycles. The Labute approximate surface area is 132 Å². The lowest BCUT2D eigenvalue weighted by molar-refractivity contribution is 0.0698. The Kier molecular flexibility index (Phi) is 5.36. The zero-order valence-corrected chi connectivity index (χ0v) is 13.1. The summed E-state index contributed by atoms with van der Waals surface area (Å²) >= 11 is 7.67. The molecule has 2 amide bonds. The SMILES string of the molecule is CSC1CCC(NC(=O)Nc2cccc(Cl)c2C(=O)O)C1. The topological polar surface area (TPSA) is 78.4 Å². The molecule has 5 nitrogen and oxygen atoms in total. The van der Waals surface area contributed by atoms with Gasteiger partial charge in [0.05, 0.1) is 10.7 Å². The molecule has 2 rings (SSSR count). The first-order valence-electron chi connectivity index (χ1n) is 6.63. The minimum absolute atomic E-state index is 0.0947. The van der Waals surface area contributed by atoms with E-state index >= 15 is 0 Å². The molecular formula is C14H17ClN2O3S. The summed E-state index contributed by atoms with van der Waals surface area (Å²) in [5.41, 5.74) is 0.106. The molecule has 21 heavy (non-hydrogen) atoms. The van der Waals surface area contributed by atoms with Crippen molar-refractivity contribution in [3.63, 3.8) is 0 Å². The minimum Gasteiger partial charge on any atom is -0.478 e. The molecule has 1 aliphatic rings. The predicted octanol–water partition coefficient (Wildman–Crippen LogP) is 3.44. The number of rotatable bonds is 4. The average Bonchev–Trinajstić information content (AvgIpc) is 2.85. The van der Waals surface area contributed by atoms with Crippen molar-refractivity contribution in [1.29, 1.82) is 0 Å². The number of carbonyl (C=O) groups excluding carboxylic acids is 1. The molecule has 1 aliphatic carbocycles. The largest absolute Gasteiger partial charge is 0.478 e. The van der Waals surface area contributed by atoms with Gasteiger partial charge >= 0.3 is 12.0 Å². The van der Waals surface area contributed by atoms with Gasteiger partial charge < -0.3 is 15.7 Å². The third-order valence-corrected chi connectivity index (χ3v) is 4.94. The van der Waals surface area contributed by atoms with Gasteiger partial charge in [-0.3, -0.25) is 0 Å². The molecule has 1 aromatic rings. The first kappa shape index (κ1) is 16.0. The van der Waals surface area contributed by atoms with Crippen molar-refractivity contribution in [2.24, 2.45) is 0 Å². The Hall–Kier alpha value is -1.40. The van der Waals surface area contributed by atoms with Gasteiger partial charge in [0, 0.05) is 11.3 Å². The Bertz CT molecular complexity index is 553. The maximum atomic E-state index is 12.0. The van der Waals surface area contributed by atoms with Crippen LogP contribution in [0.5, 0.6) is 0 Å². The molecule has 2 unspecified atom stereocenters. The number of nitrogens with one attached hydrogen (secondary N) is 2. The molecule has 1 aromatic carbocycles. The number of aromatic carboxylic acids is 1. The Balaban J connectivity index is 2.00. The van der Waals surface area contributed by atoms with Crippen molar-refractivity contribution in [2.45, 2.75) is 30.6 Å². The minimum atomic E-state index is -1.17. The zero-order valence-electron chi connectivity index (χ0n) is 11.6. The summed E-state index contributed by atoms with van der Waals surface area (Å²) in [7, 11) is 0. The van der Waals surface area contributed by atoms with Crippen molar-refractivity contribution in [3.8, 4) is 0 Å². The van der Waals surface area contributed by atoms with E-state index in [9.17, 15) is 9.59 Å². The van der Waals surface area contributed by atoms with Crippen LogP contribution in [0.1, 0.15) is 29.6 Å². The molecule has 0 radical (unpaired) electrons. The van der Waals surface area contributed by atoms with Crippen LogP contribution in [-0.4, -0.2) is 34.7 Å². The van der Waals surface area contributed by atoms with Gasteiger partial charge in [-0.2, -0.15) is 11.8 Å². The summed E-state index contributed by atoms with van der Waals surface area (Å²) in [6, 6.07) is 4.34. The molecule has 3 N–H and O–H groups in total. The number of hydrogen-bond donors (Lipinski definition) is 3. The Morgan fingerprint density at radius 3 is 2.76 bits per heavy atom. The summed E-state index contributed by atoms with van der Waals surface area (Å²) in [6.07, 6.45) is 5.04. The van der Waals surface area contributed by atoms with E-state index in [0.717, 1.165) is 19.3 Å². The van der Waals surface area contributed by atoms with Crippen LogP contribution in [0.2, 0.25) is 5.02 Å². The summed E-state index contributed by atoms with van der Waals surface area (Å²) in [5, 5.41) is 15.3. The highest BCUT2D eigenvalue weighted by Crippen LogP contribution is 2.28. The van der Waals surface area contributed by atoms with E-state index < -0.39 is 12.0 Å². The number of carboxylic acid groups (broad SMARTS) is 1. The lowest BCUT2D eigenvalue weighted by atomic mass is 10.2. The van der Waals surface area contributed by atoms with Gasteiger partial charge in [0.2, 0.25) is 0 Å². The summed E-state index contributed by atoms with van der Waals surface area (Å²) in [5.74, 6) is -1.17. The summed E-state index contributed by atoms with van der Waals surface area (Å²) in [6.45, 7) is 0. The second kappa shape index (κ2) is 7.04. The van der Waals surface area contributed by atoms with E-state index in [1.54, 1.807) is 6.07 Å². The molecular weight excluding hydrogens is 312 g/mol. The highest BCUT2D eigenvalue weighted by atomic mass is 35.5. The van der Waals surface area contributed by atoms with Crippen LogP contribution in [0.15, 0.2) is 18.2 Å². The number of anilines is 1. The van der Waals surface area contributed by atoms with Gasteiger partial charge in [-0.1, -0.05) is 17.7 Å². The number of urea groups is 1. The molecule has 7 heteroatoms. The van der Waals surface area contributed by atoms with Crippen LogP contribution in [0, 0.1) is 0 Å². The molecule has 2 atom stereocenters. The normalized spacial score (nSPS) is 21.0. The van der Waals surface area contributed by atoms with Crippen LogP contribution in [0.4, 0.5) is 10.5 Å². The van der Waals surface area contributed by atoms with Crippen LogP contribution in [0.3, 0.4) is 0 Å². The average molecular weight is 329 g/mol. The van der Waals surface area contributed by atoms with E-state index in [1.807, 2.05) is 11.8 Å². The number of thioether (sulfide) groups is 1. The van der Waals surface area contributed by atoms with Crippen molar-refractivity contribution in [1.82, 2.24) is 5.32 Å². The van der Waals surface area contributed by atoms with Crippen LogP contribution in [0.25, 0.3) is 0 Å². The number of carboxylic acids is 1. The molecule has 0 spiro atoms. The lowest BCUT2D eigenvalue weighted by Gasteiger charge is -2.15.